The second kappa shape index (κ2) is 7.74. The van der Waals surface area contributed by atoms with E-state index in [1.54, 1.807) is 23.9 Å². The molecule has 36 heavy (non-hydrogen) atoms. The van der Waals surface area contributed by atoms with E-state index in [9.17, 15) is 5.26 Å². The molecule has 0 aliphatic heterocycles. The Hall–Kier alpha value is -4.53. The largest absolute Gasteiger partial charge is 0.455 e. The Morgan fingerprint density at radius 2 is 1.58 bits per heavy atom. The molecular weight excluding hydrogens is 462 g/mol. The summed E-state index contributed by atoms with van der Waals surface area (Å²) in [5.41, 5.74) is 7.20. The Morgan fingerprint density at radius 1 is 0.833 bits per heavy atom. The van der Waals surface area contributed by atoms with E-state index in [-0.39, 0.29) is 0 Å². The number of aromatic nitrogens is 2. The van der Waals surface area contributed by atoms with Gasteiger partial charge in [-0.1, -0.05) is 47.4 Å². The number of aryl methyl sites for hydroxylation is 2. The molecule has 0 fully saturated rings. The lowest BCUT2D eigenvalue weighted by atomic mass is 9.95. The van der Waals surface area contributed by atoms with Crippen molar-refractivity contribution < 1.29 is 8.98 Å². The lowest BCUT2D eigenvalue weighted by Crippen LogP contribution is -2.31. The summed E-state index contributed by atoms with van der Waals surface area (Å²) in [6.45, 7) is 2.10. The first-order chi connectivity index (χ1) is 17.6. The topological polar surface area (TPSA) is 53.7 Å². The van der Waals surface area contributed by atoms with Gasteiger partial charge in [-0.15, -0.1) is 11.3 Å². The van der Waals surface area contributed by atoms with Gasteiger partial charge < -0.3 is 4.42 Å². The van der Waals surface area contributed by atoms with Crippen LogP contribution in [0.1, 0.15) is 11.1 Å². The fourth-order valence-corrected chi connectivity index (χ4v) is 6.42. The second-order valence-corrected chi connectivity index (χ2v) is 10.2. The van der Waals surface area contributed by atoms with E-state index in [0.717, 1.165) is 49.9 Å². The van der Waals surface area contributed by atoms with Gasteiger partial charge in [-0.2, -0.15) is 5.26 Å². The van der Waals surface area contributed by atoms with Gasteiger partial charge in [0.15, 0.2) is 0 Å². The third-order valence-corrected chi connectivity index (χ3v) is 8.13. The van der Waals surface area contributed by atoms with Crippen LogP contribution in [0.2, 0.25) is 0 Å². The molecule has 0 radical (unpaired) electrons. The number of hydrogen-bond donors (Lipinski definition) is 0. The number of benzene rings is 4. The van der Waals surface area contributed by atoms with E-state index < -0.39 is 0 Å². The van der Waals surface area contributed by atoms with Crippen LogP contribution in [0, 0.1) is 18.3 Å². The lowest BCUT2D eigenvalue weighted by molar-refractivity contribution is -0.663. The van der Waals surface area contributed by atoms with Crippen LogP contribution in [0.4, 0.5) is 0 Å². The van der Waals surface area contributed by atoms with Crippen molar-refractivity contribution in [1.29, 1.82) is 5.26 Å². The molecule has 3 aromatic heterocycles. The van der Waals surface area contributed by atoms with Crippen molar-refractivity contribution in [2.24, 2.45) is 7.05 Å². The van der Waals surface area contributed by atoms with Gasteiger partial charge in [0.2, 0.25) is 0 Å². The van der Waals surface area contributed by atoms with E-state index in [4.69, 9.17) is 4.42 Å². The van der Waals surface area contributed by atoms with Gasteiger partial charge in [0, 0.05) is 42.6 Å². The lowest BCUT2D eigenvalue weighted by Gasteiger charge is -2.06. The van der Waals surface area contributed by atoms with Crippen LogP contribution in [0.25, 0.3) is 64.5 Å². The number of rotatable bonds is 2. The van der Waals surface area contributed by atoms with Crippen molar-refractivity contribution in [2.45, 2.75) is 6.92 Å². The molecule has 0 bridgehead atoms. The van der Waals surface area contributed by atoms with Crippen molar-refractivity contribution in [3.8, 4) is 28.5 Å². The first kappa shape index (κ1) is 20.8. The van der Waals surface area contributed by atoms with Gasteiger partial charge in [-0.3, -0.25) is 0 Å². The highest BCUT2D eigenvalue weighted by atomic mass is 32.1. The molecule has 0 amide bonds. The summed E-state index contributed by atoms with van der Waals surface area (Å²) >= 11 is 1.78. The van der Waals surface area contributed by atoms with Gasteiger partial charge in [-0.25, -0.2) is 4.57 Å². The number of thiophene rings is 1. The molecule has 4 aromatic carbocycles. The fourth-order valence-electron chi connectivity index (χ4n) is 5.27. The Labute approximate surface area is 211 Å². The zero-order valence-corrected chi connectivity index (χ0v) is 20.6. The minimum absolute atomic E-state index is 0.606. The number of fused-ring (bicyclic) bond motifs is 6. The normalized spacial score (nSPS) is 11.6. The van der Waals surface area contributed by atoms with E-state index in [0.29, 0.717) is 5.56 Å². The fraction of sp³-hybridized carbons (Fsp3) is 0.0645. The van der Waals surface area contributed by atoms with Crippen LogP contribution in [-0.4, -0.2) is 4.98 Å². The van der Waals surface area contributed by atoms with Gasteiger partial charge >= 0.3 is 0 Å². The van der Waals surface area contributed by atoms with Gasteiger partial charge in [0.1, 0.15) is 23.1 Å². The Morgan fingerprint density at radius 3 is 2.42 bits per heavy atom. The number of nitriles is 1. The highest BCUT2D eigenvalue weighted by molar-refractivity contribution is 7.25. The molecule has 4 nitrogen and oxygen atoms in total. The summed E-state index contributed by atoms with van der Waals surface area (Å²) in [4.78, 5) is 4.24. The molecular formula is C31H20N3OS+. The third-order valence-electron chi connectivity index (χ3n) is 7.00. The molecule has 7 aromatic rings. The maximum Gasteiger partial charge on any atom is 0.286 e. The molecule has 3 heterocycles. The second-order valence-electron chi connectivity index (χ2n) is 9.10. The molecule has 0 atom stereocenters. The molecule has 170 valence electrons. The molecule has 5 heteroatoms. The number of furan rings is 1. The molecule has 0 spiro atoms. The van der Waals surface area contributed by atoms with E-state index in [1.807, 2.05) is 29.8 Å². The highest BCUT2D eigenvalue weighted by Crippen LogP contribution is 2.43. The summed E-state index contributed by atoms with van der Waals surface area (Å²) in [5.74, 6) is 0. The Kier molecular flexibility index (Phi) is 4.47. The third kappa shape index (κ3) is 2.92. The Balaban J connectivity index is 1.56. The van der Waals surface area contributed by atoms with Gasteiger partial charge in [0.25, 0.3) is 6.33 Å². The zero-order chi connectivity index (χ0) is 24.4. The molecule has 0 unspecified atom stereocenters. The zero-order valence-electron chi connectivity index (χ0n) is 19.7. The first-order valence-corrected chi connectivity index (χ1v) is 12.6. The van der Waals surface area contributed by atoms with Crippen LogP contribution >= 0.6 is 11.3 Å². The van der Waals surface area contributed by atoms with Crippen molar-refractivity contribution in [2.75, 3.05) is 0 Å². The summed E-state index contributed by atoms with van der Waals surface area (Å²) in [7, 11) is 1.99. The average molecular weight is 483 g/mol. The van der Waals surface area contributed by atoms with Gasteiger partial charge in [0.05, 0.1) is 24.2 Å². The quantitative estimate of drug-likeness (QED) is 0.237. The summed E-state index contributed by atoms with van der Waals surface area (Å²) in [6.07, 6.45) is 3.60. The van der Waals surface area contributed by atoms with Crippen molar-refractivity contribution in [3.05, 3.63) is 96.4 Å². The first-order valence-electron chi connectivity index (χ1n) is 11.7. The molecule has 0 saturated heterocycles. The molecule has 0 N–H and O–H groups in total. The summed E-state index contributed by atoms with van der Waals surface area (Å²) < 4.78 is 11.2. The van der Waals surface area contributed by atoms with Gasteiger partial charge in [-0.05, 0) is 42.3 Å². The van der Waals surface area contributed by atoms with Crippen LogP contribution in [0.15, 0.2) is 89.7 Å². The van der Waals surface area contributed by atoms with E-state index >= 15 is 0 Å². The van der Waals surface area contributed by atoms with Crippen LogP contribution < -0.4 is 4.57 Å². The smallest absolute Gasteiger partial charge is 0.286 e. The van der Waals surface area contributed by atoms with Crippen LogP contribution in [0.5, 0.6) is 0 Å². The van der Waals surface area contributed by atoms with Crippen LogP contribution in [0.3, 0.4) is 0 Å². The standard InChI is InChI=1S/C31H20N3OS/c1-18-7-10-23-24-12-9-20(16-32)29(31(24)35-30(23)28(18)25-13-14-33-17-34(25)2)19-8-11-22-21-5-3-4-6-26(21)36-27(22)15-19/h3-15,17H,1-2H3/q+1. The Bertz CT molecular complexity index is 2040. The molecule has 0 aliphatic carbocycles. The highest BCUT2D eigenvalue weighted by Gasteiger charge is 2.22. The van der Waals surface area contributed by atoms with E-state index in [2.05, 4.69) is 72.6 Å². The maximum atomic E-state index is 10.1. The maximum absolute atomic E-state index is 10.1. The predicted octanol–water partition coefficient (Wildman–Crippen LogP) is 7.69. The number of nitrogens with zero attached hydrogens (tertiary/aromatic N) is 3. The minimum atomic E-state index is 0.606. The molecule has 7 rings (SSSR count). The predicted molar refractivity (Wildman–Crippen MR) is 146 cm³/mol. The average Bonchev–Trinajstić information content (AvgIpc) is 3.46. The summed E-state index contributed by atoms with van der Waals surface area (Å²) in [6, 6.07) is 27.5. The minimum Gasteiger partial charge on any atom is -0.455 e. The number of hydrogen-bond acceptors (Lipinski definition) is 4. The monoisotopic (exact) mass is 482 g/mol. The SMILES string of the molecule is Cc1ccc2c(oc3c(-c4ccc5c(c4)sc4ccccc45)c(C#N)ccc32)c1-c1ccnc[n+]1C. The van der Waals surface area contributed by atoms with E-state index in [1.165, 1.54) is 20.2 Å². The molecule has 0 aliphatic rings. The molecule has 0 saturated carbocycles. The van der Waals surface area contributed by atoms with Crippen molar-refractivity contribution >= 4 is 53.4 Å². The summed E-state index contributed by atoms with van der Waals surface area (Å²) in [5, 5.41) is 14.6. The van der Waals surface area contributed by atoms with Crippen molar-refractivity contribution in [3.63, 3.8) is 0 Å². The van der Waals surface area contributed by atoms with Crippen LogP contribution in [-0.2, 0) is 7.05 Å². The van der Waals surface area contributed by atoms with Crippen molar-refractivity contribution in [1.82, 2.24) is 4.98 Å².